The summed E-state index contributed by atoms with van der Waals surface area (Å²) in [4.78, 5) is 20.3. The standard InChI is InChI=1S/C5H3N4O/c10-5-6-1-3-4(9-5)8-2-7-3/h1-2H,(H,6,9,10). The molecule has 0 aromatic carbocycles. The number of hydrogen-bond acceptors (Lipinski definition) is 3. The highest BCUT2D eigenvalue weighted by atomic mass is 16.1. The summed E-state index contributed by atoms with van der Waals surface area (Å²) in [6.45, 7) is 0. The van der Waals surface area contributed by atoms with Crippen LogP contribution in [-0.2, 0) is 0 Å². The Bertz CT molecular complexity index is 340. The number of aliphatic imine (C=N–C) groups is 1. The highest BCUT2D eigenvalue weighted by Crippen LogP contribution is 2.21. The molecule has 1 aliphatic rings. The molecule has 1 aromatic heterocycles. The van der Waals surface area contributed by atoms with Gasteiger partial charge in [0.15, 0.2) is 5.82 Å². The van der Waals surface area contributed by atoms with Gasteiger partial charge >= 0.3 is 5.69 Å². The summed E-state index contributed by atoms with van der Waals surface area (Å²) < 4.78 is 0. The number of nitrogens with one attached hydrogen (secondary N) is 1. The van der Waals surface area contributed by atoms with Gasteiger partial charge in [0, 0.05) is 6.20 Å². The highest BCUT2D eigenvalue weighted by Gasteiger charge is 2.07. The second-order valence-corrected chi connectivity index (χ2v) is 1.79. The van der Waals surface area contributed by atoms with Crippen LogP contribution in [0.15, 0.2) is 16.0 Å². The minimum atomic E-state index is -0.395. The second kappa shape index (κ2) is 1.66. The van der Waals surface area contributed by atoms with Gasteiger partial charge in [-0.2, -0.15) is 4.98 Å². The van der Waals surface area contributed by atoms with E-state index in [1.54, 1.807) is 0 Å². The van der Waals surface area contributed by atoms with E-state index in [0.29, 0.717) is 11.5 Å². The molecule has 49 valence electrons. The lowest BCUT2D eigenvalue weighted by Crippen LogP contribution is -2.09. The lowest BCUT2D eigenvalue weighted by atomic mass is 10.5. The van der Waals surface area contributed by atoms with E-state index in [2.05, 4.69) is 20.3 Å². The Balaban J connectivity index is 2.69. The van der Waals surface area contributed by atoms with Gasteiger partial charge in [-0.1, -0.05) is 0 Å². The maximum Gasteiger partial charge on any atom is 0.347 e. The predicted molar refractivity (Wildman–Crippen MR) is 34.8 cm³/mol. The van der Waals surface area contributed by atoms with E-state index < -0.39 is 5.69 Å². The van der Waals surface area contributed by atoms with Gasteiger partial charge in [0.25, 0.3) is 0 Å². The van der Waals surface area contributed by atoms with Crippen LogP contribution in [0, 0.1) is 0 Å². The summed E-state index contributed by atoms with van der Waals surface area (Å²) in [6, 6.07) is 0. The van der Waals surface area contributed by atoms with E-state index in [4.69, 9.17) is 0 Å². The van der Waals surface area contributed by atoms with E-state index in [9.17, 15) is 4.79 Å². The zero-order chi connectivity index (χ0) is 6.97. The third kappa shape index (κ3) is 0.604. The molecule has 0 saturated heterocycles. The predicted octanol–water partition coefficient (Wildman–Crippen LogP) is -0.321. The van der Waals surface area contributed by atoms with Crippen molar-refractivity contribution < 1.29 is 0 Å². The van der Waals surface area contributed by atoms with Gasteiger partial charge in [-0.15, -0.1) is 0 Å². The van der Waals surface area contributed by atoms with Crippen molar-refractivity contribution in [3.05, 3.63) is 16.7 Å². The molecule has 0 unspecified atom stereocenters. The third-order valence-corrected chi connectivity index (χ3v) is 1.15. The van der Waals surface area contributed by atoms with Crippen molar-refractivity contribution in [2.75, 3.05) is 0 Å². The average Bonchev–Trinajstić information content (AvgIpc) is 2.33. The van der Waals surface area contributed by atoms with Gasteiger partial charge in [0.2, 0.25) is 0 Å². The van der Waals surface area contributed by atoms with Crippen molar-refractivity contribution in [3.8, 4) is 0 Å². The SMILES string of the molecule is O=c1nc2c(c[nH]1)N=C[N]2. The summed E-state index contributed by atoms with van der Waals surface area (Å²) >= 11 is 0. The summed E-state index contributed by atoms with van der Waals surface area (Å²) in [5.74, 6) is 0.392. The molecule has 1 radical (unpaired) electrons. The van der Waals surface area contributed by atoms with Crippen molar-refractivity contribution >= 4 is 17.8 Å². The van der Waals surface area contributed by atoms with Crippen LogP contribution in [0.3, 0.4) is 0 Å². The van der Waals surface area contributed by atoms with Crippen LogP contribution in [0.2, 0.25) is 0 Å². The fraction of sp³-hybridized carbons (Fsp3) is 0. The topological polar surface area (TPSA) is 72.2 Å². The zero-order valence-electron chi connectivity index (χ0n) is 4.90. The van der Waals surface area contributed by atoms with Gasteiger partial charge in [-0.25, -0.2) is 15.1 Å². The molecule has 0 atom stereocenters. The molecule has 0 amide bonds. The first-order valence-corrected chi connectivity index (χ1v) is 2.69. The quantitative estimate of drug-likeness (QED) is 0.529. The van der Waals surface area contributed by atoms with Gasteiger partial charge < -0.3 is 4.98 Å². The molecule has 2 rings (SSSR count). The number of fused-ring (bicyclic) bond motifs is 1. The molecule has 10 heavy (non-hydrogen) atoms. The number of rotatable bonds is 0. The third-order valence-electron chi connectivity index (χ3n) is 1.15. The Morgan fingerprint density at radius 1 is 1.50 bits per heavy atom. The lowest BCUT2D eigenvalue weighted by molar-refractivity contribution is 1.05. The molecule has 2 heterocycles. The van der Waals surface area contributed by atoms with Gasteiger partial charge in [-0.3, -0.25) is 0 Å². The van der Waals surface area contributed by atoms with Crippen LogP contribution in [-0.4, -0.2) is 16.3 Å². The molecule has 1 N–H and O–H groups in total. The Morgan fingerprint density at radius 2 is 2.40 bits per heavy atom. The Kier molecular flexibility index (Phi) is 0.858. The van der Waals surface area contributed by atoms with Crippen molar-refractivity contribution in [2.24, 2.45) is 4.99 Å². The molecular formula is C5H3N4O. The van der Waals surface area contributed by atoms with Crippen LogP contribution in [0.1, 0.15) is 0 Å². The van der Waals surface area contributed by atoms with Crippen molar-refractivity contribution in [1.82, 2.24) is 15.3 Å². The van der Waals surface area contributed by atoms with E-state index in [-0.39, 0.29) is 0 Å². The molecule has 5 nitrogen and oxygen atoms in total. The summed E-state index contributed by atoms with van der Waals surface area (Å²) in [5, 5.41) is 3.74. The normalized spacial score (nSPS) is 12.8. The molecule has 0 bridgehead atoms. The number of nitrogens with zero attached hydrogens (tertiary/aromatic N) is 3. The minimum absolute atomic E-state index is 0.392. The van der Waals surface area contributed by atoms with Gasteiger partial charge in [0.1, 0.15) is 12.0 Å². The Hall–Kier alpha value is -1.65. The average molecular weight is 135 g/mol. The van der Waals surface area contributed by atoms with Gasteiger partial charge in [-0.05, 0) is 0 Å². The monoisotopic (exact) mass is 135 g/mol. The Morgan fingerprint density at radius 3 is 3.30 bits per heavy atom. The first kappa shape index (κ1) is 5.16. The molecule has 5 heteroatoms. The van der Waals surface area contributed by atoms with Gasteiger partial charge in [0.05, 0.1) is 0 Å². The van der Waals surface area contributed by atoms with Crippen molar-refractivity contribution in [3.63, 3.8) is 0 Å². The molecule has 0 saturated carbocycles. The number of H-pyrrole nitrogens is 1. The van der Waals surface area contributed by atoms with E-state index in [0.717, 1.165) is 0 Å². The summed E-state index contributed by atoms with van der Waals surface area (Å²) in [5.41, 5.74) is 0.215. The van der Waals surface area contributed by atoms with E-state index in [1.807, 2.05) is 0 Å². The number of aromatic amines is 1. The van der Waals surface area contributed by atoms with Crippen LogP contribution in [0.25, 0.3) is 0 Å². The largest absolute Gasteiger partial charge is 0.347 e. The van der Waals surface area contributed by atoms with Crippen LogP contribution >= 0.6 is 0 Å². The fourth-order valence-corrected chi connectivity index (χ4v) is 0.716. The van der Waals surface area contributed by atoms with E-state index >= 15 is 0 Å². The summed E-state index contributed by atoms with van der Waals surface area (Å²) in [6.07, 6.45) is 2.85. The number of aromatic nitrogens is 2. The summed E-state index contributed by atoms with van der Waals surface area (Å²) in [7, 11) is 0. The van der Waals surface area contributed by atoms with Crippen molar-refractivity contribution in [1.29, 1.82) is 0 Å². The molecule has 1 aliphatic heterocycles. The minimum Gasteiger partial charge on any atom is -0.310 e. The van der Waals surface area contributed by atoms with Crippen LogP contribution in [0.5, 0.6) is 0 Å². The first-order valence-electron chi connectivity index (χ1n) is 2.69. The Labute approximate surface area is 55.8 Å². The lowest BCUT2D eigenvalue weighted by Gasteiger charge is -1.89. The number of hydrogen-bond donors (Lipinski definition) is 1. The zero-order valence-corrected chi connectivity index (χ0v) is 4.90. The maximum atomic E-state index is 10.5. The van der Waals surface area contributed by atoms with E-state index in [1.165, 1.54) is 12.5 Å². The highest BCUT2D eigenvalue weighted by molar-refractivity contribution is 5.78. The van der Waals surface area contributed by atoms with Crippen LogP contribution in [0.4, 0.5) is 11.5 Å². The molecule has 0 spiro atoms. The maximum absolute atomic E-state index is 10.5. The smallest absolute Gasteiger partial charge is 0.310 e. The van der Waals surface area contributed by atoms with Crippen molar-refractivity contribution in [2.45, 2.75) is 0 Å². The first-order chi connectivity index (χ1) is 4.86. The molecule has 0 fully saturated rings. The fourth-order valence-electron chi connectivity index (χ4n) is 0.716. The molecule has 1 aromatic rings. The second-order valence-electron chi connectivity index (χ2n) is 1.79. The molecule has 0 aliphatic carbocycles. The van der Waals surface area contributed by atoms with Crippen LogP contribution < -0.4 is 11.0 Å². The molecular weight excluding hydrogens is 132 g/mol.